The molecule has 4 unspecified atom stereocenters. The van der Waals surface area contributed by atoms with Crippen LogP contribution < -0.4 is 0 Å². The van der Waals surface area contributed by atoms with Crippen LogP contribution in [-0.4, -0.2) is 55.5 Å². The van der Waals surface area contributed by atoms with Crippen molar-refractivity contribution in [3.8, 4) is 0 Å². The Balaban J connectivity index is 1.23. The molecule has 0 spiro atoms. The second kappa shape index (κ2) is 10.7. The summed E-state index contributed by atoms with van der Waals surface area (Å²) in [5.41, 5.74) is 0. The zero-order chi connectivity index (χ0) is 17.8. The van der Waals surface area contributed by atoms with Crippen molar-refractivity contribution in [2.24, 2.45) is 17.8 Å². The minimum Gasteiger partial charge on any atom is -0.162 e. The number of hydrogen-bond donors (Lipinski definition) is 0. The molecule has 3 aliphatic carbocycles. The molecule has 0 radical (unpaired) electrons. The Hall–Kier alpha value is 1.75. The summed E-state index contributed by atoms with van der Waals surface area (Å²) in [5, 5.41) is 3.57. The van der Waals surface area contributed by atoms with E-state index in [0.29, 0.717) is 0 Å². The molecular weight excluding hydrogens is 413 g/mol. The van der Waals surface area contributed by atoms with Gasteiger partial charge in [-0.25, -0.2) is 0 Å². The summed E-state index contributed by atoms with van der Waals surface area (Å²) >= 11 is 11.6. The van der Waals surface area contributed by atoms with Crippen LogP contribution in [0.5, 0.6) is 0 Å². The van der Waals surface area contributed by atoms with Gasteiger partial charge in [-0.15, -0.1) is 0 Å². The Morgan fingerprint density at radius 2 is 1.54 bits per heavy atom. The summed E-state index contributed by atoms with van der Waals surface area (Å²) in [6.45, 7) is 2.52. The lowest BCUT2D eigenvalue weighted by atomic mass is 10.2. The highest BCUT2D eigenvalue weighted by atomic mass is 32.2. The molecule has 4 aliphatic rings. The van der Waals surface area contributed by atoms with Gasteiger partial charge in [0.05, 0.1) is 0 Å². The quantitative estimate of drug-likeness (QED) is 0.301. The van der Waals surface area contributed by atoms with Gasteiger partial charge < -0.3 is 0 Å². The van der Waals surface area contributed by atoms with Gasteiger partial charge in [-0.1, -0.05) is 6.92 Å². The summed E-state index contributed by atoms with van der Waals surface area (Å²) in [7, 11) is 0. The molecule has 0 aromatic heterocycles. The zero-order valence-electron chi connectivity index (χ0n) is 16.3. The van der Waals surface area contributed by atoms with Crippen LogP contribution in [0.4, 0.5) is 0 Å². The first-order valence-electron chi connectivity index (χ1n) is 10.8. The summed E-state index contributed by atoms with van der Waals surface area (Å²) in [5.74, 6) is 11.8. The minimum atomic E-state index is 0.852. The van der Waals surface area contributed by atoms with Gasteiger partial charge in [0, 0.05) is 32.5 Å². The molecule has 0 bridgehead atoms. The van der Waals surface area contributed by atoms with Gasteiger partial charge >= 0.3 is 0 Å². The van der Waals surface area contributed by atoms with Gasteiger partial charge in [0.25, 0.3) is 0 Å². The highest BCUT2D eigenvalue weighted by Crippen LogP contribution is 2.43. The van der Waals surface area contributed by atoms with Crippen LogP contribution >= 0.6 is 58.8 Å². The molecule has 1 saturated heterocycles. The largest absolute Gasteiger partial charge is 0.162 e. The number of rotatable bonds is 12. The van der Waals surface area contributed by atoms with Crippen molar-refractivity contribution >= 4 is 58.8 Å². The van der Waals surface area contributed by atoms with E-state index in [1.165, 1.54) is 79.5 Å². The third kappa shape index (κ3) is 7.54. The molecule has 0 nitrogen and oxygen atoms in total. The zero-order valence-corrected chi connectivity index (χ0v) is 20.4. The van der Waals surface area contributed by atoms with Crippen molar-refractivity contribution < 1.29 is 0 Å². The lowest BCUT2D eigenvalue weighted by Gasteiger charge is -2.23. The van der Waals surface area contributed by atoms with Crippen molar-refractivity contribution in [2.45, 2.75) is 72.9 Å². The Labute approximate surface area is 183 Å². The average molecular weight is 449 g/mol. The van der Waals surface area contributed by atoms with Crippen LogP contribution in [0.2, 0.25) is 0 Å². The van der Waals surface area contributed by atoms with E-state index in [0.717, 1.165) is 38.8 Å². The molecule has 0 N–H and O–H groups in total. The van der Waals surface area contributed by atoms with Crippen LogP contribution in [0.3, 0.4) is 0 Å². The first kappa shape index (κ1) is 21.0. The predicted molar refractivity (Wildman–Crippen MR) is 131 cm³/mol. The highest BCUT2D eigenvalue weighted by Gasteiger charge is 2.33. The maximum absolute atomic E-state index is 2.52. The monoisotopic (exact) mass is 448 g/mol. The van der Waals surface area contributed by atoms with Gasteiger partial charge in [-0.3, -0.25) is 0 Å². The fourth-order valence-electron chi connectivity index (χ4n) is 3.35. The molecule has 0 amide bonds. The summed E-state index contributed by atoms with van der Waals surface area (Å²) in [4.78, 5) is 0. The first-order valence-corrected chi connectivity index (χ1v) is 16.2. The summed E-state index contributed by atoms with van der Waals surface area (Å²) < 4.78 is 0. The van der Waals surface area contributed by atoms with Gasteiger partial charge in [-0.2, -0.15) is 58.8 Å². The molecular formula is C21H36S5. The van der Waals surface area contributed by atoms with Gasteiger partial charge in [0.15, 0.2) is 0 Å². The summed E-state index contributed by atoms with van der Waals surface area (Å²) in [6.07, 6.45) is 10.5. The number of thioether (sulfide) groups is 5. The lowest BCUT2D eigenvalue weighted by Crippen LogP contribution is -2.23. The maximum atomic E-state index is 2.52. The Morgan fingerprint density at radius 1 is 0.846 bits per heavy atom. The molecule has 1 heterocycles. The maximum Gasteiger partial charge on any atom is 0.0257 e. The fraction of sp³-hybridized carbons (Fsp3) is 1.00. The van der Waals surface area contributed by atoms with E-state index in [2.05, 4.69) is 65.7 Å². The Morgan fingerprint density at radius 3 is 2.27 bits per heavy atom. The number of hydrogen-bond acceptors (Lipinski definition) is 5. The van der Waals surface area contributed by atoms with Crippen molar-refractivity contribution in [1.29, 1.82) is 0 Å². The SMILES string of the molecule is CC(SCC1CC1)C1CSC(CCSCC2CC2)C(SCC2CC2)CS1. The van der Waals surface area contributed by atoms with E-state index in [4.69, 9.17) is 0 Å². The first-order chi connectivity index (χ1) is 12.8. The molecule has 150 valence electrons. The van der Waals surface area contributed by atoms with E-state index in [1.807, 2.05) is 0 Å². The molecule has 0 aromatic rings. The normalized spacial score (nSPS) is 33.8. The van der Waals surface area contributed by atoms with Gasteiger partial charge in [0.2, 0.25) is 0 Å². The van der Waals surface area contributed by atoms with Crippen LogP contribution in [0.15, 0.2) is 0 Å². The molecule has 26 heavy (non-hydrogen) atoms. The van der Waals surface area contributed by atoms with Crippen molar-refractivity contribution in [3.63, 3.8) is 0 Å². The van der Waals surface area contributed by atoms with Crippen molar-refractivity contribution in [2.75, 3.05) is 34.5 Å². The molecule has 4 atom stereocenters. The average Bonchev–Trinajstić information content (AvgIpc) is 3.49. The second-order valence-electron chi connectivity index (χ2n) is 8.85. The summed E-state index contributed by atoms with van der Waals surface area (Å²) in [6, 6.07) is 0. The molecule has 4 rings (SSSR count). The van der Waals surface area contributed by atoms with E-state index in [1.54, 1.807) is 0 Å². The van der Waals surface area contributed by atoms with Crippen LogP contribution in [0, 0.1) is 17.8 Å². The smallest absolute Gasteiger partial charge is 0.0257 e. The third-order valence-corrected chi connectivity index (χ3v) is 14.2. The molecule has 0 aromatic carbocycles. The lowest BCUT2D eigenvalue weighted by molar-refractivity contribution is 0.820. The molecule has 3 saturated carbocycles. The van der Waals surface area contributed by atoms with E-state index in [-0.39, 0.29) is 0 Å². The van der Waals surface area contributed by atoms with Crippen molar-refractivity contribution in [1.82, 2.24) is 0 Å². The van der Waals surface area contributed by atoms with Crippen LogP contribution in [0.25, 0.3) is 0 Å². The molecule has 5 heteroatoms. The molecule has 1 aliphatic heterocycles. The predicted octanol–water partition coefficient (Wildman–Crippen LogP) is 6.78. The standard InChI is InChI=1S/C21H36S5/c1-15(23-11-17-4-5-17)20-13-25-19(8-9-22-10-16-2-3-16)21(14-26-20)24-12-18-6-7-18/h15-21H,2-14H2,1H3. The Bertz CT molecular complexity index is 419. The molecule has 4 fully saturated rings. The van der Waals surface area contributed by atoms with Crippen LogP contribution in [-0.2, 0) is 0 Å². The van der Waals surface area contributed by atoms with E-state index >= 15 is 0 Å². The van der Waals surface area contributed by atoms with E-state index in [9.17, 15) is 0 Å². The van der Waals surface area contributed by atoms with Crippen LogP contribution in [0.1, 0.15) is 51.9 Å². The van der Waals surface area contributed by atoms with E-state index < -0.39 is 0 Å². The minimum absolute atomic E-state index is 0.852. The third-order valence-electron chi connectivity index (χ3n) is 6.02. The fourth-order valence-corrected chi connectivity index (χ4v) is 11.9. The van der Waals surface area contributed by atoms with Gasteiger partial charge in [0.1, 0.15) is 0 Å². The van der Waals surface area contributed by atoms with Crippen molar-refractivity contribution in [3.05, 3.63) is 0 Å². The Kier molecular flexibility index (Phi) is 8.63. The topological polar surface area (TPSA) is 0 Å². The second-order valence-corrected chi connectivity index (χ2v) is 15.2. The highest BCUT2D eigenvalue weighted by molar-refractivity contribution is 8.08. The van der Waals surface area contributed by atoms with Gasteiger partial charge in [-0.05, 0) is 85.7 Å².